The fourth-order valence-corrected chi connectivity index (χ4v) is 3.65. The monoisotopic (exact) mass is 528 g/mol. The molecule has 8 heteroatoms. The van der Waals surface area contributed by atoms with Crippen molar-refractivity contribution in [3.8, 4) is 0 Å². The topological polar surface area (TPSA) is 53.4 Å². The summed E-state index contributed by atoms with van der Waals surface area (Å²) >= 11 is 12.3. The first kappa shape index (κ1) is 25.8. The molecular formula is C23H27BrCl2N2O3. The first-order chi connectivity index (χ1) is 14.6. The molecule has 31 heavy (non-hydrogen) atoms. The van der Waals surface area contributed by atoms with Crippen molar-refractivity contribution >= 4 is 56.9 Å². The van der Waals surface area contributed by atoms with Crippen molar-refractivity contribution in [2.75, 3.05) is 26.4 Å². The van der Waals surface area contributed by atoms with Crippen LogP contribution in [0, 0.1) is 0 Å². The Morgan fingerprint density at radius 3 is 2.52 bits per heavy atom. The van der Waals surface area contributed by atoms with Gasteiger partial charge < -0.3 is 9.47 Å². The summed E-state index contributed by atoms with van der Waals surface area (Å²) in [6, 6.07) is 13.1. The summed E-state index contributed by atoms with van der Waals surface area (Å²) in [5, 5.41) is 6.63. The van der Waals surface area contributed by atoms with Crippen LogP contribution in [0.1, 0.15) is 42.2 Å². The molecule has 3 rings (SSSR count). The van der Waals surface area contributed by atoms with Crippen molar-refractivity contribution < 1.29 is 14.3 Å². The molecule has 0 fully saturated rings. The molecule has 0 N–H and O–H groups in total. The van der Waals surface area contributed by atoms with Gasteiger partial charge in [-0.05, 0) is 36.6 Å². The summed E-state index contributed by atoms with van der Waals surface area (Å²) in [7, 11) is 0. The third-order valence-electron chi connectivity index (χ3n) is 4.67. The second-order valence-electron chi connectivity index (χ2n) is 7.01. The third kappa shape index (κ3) is 7.29. The Morgan fingerprint density at radius 2 is 1.77 bits per heavy atom. The van der Waals surface area contributed by atoms with Gasteiger partial charge in [0.1, 0.15) is 5.69 Å². The number of Topliss-reactive ketones (excluding diaryl/α,β-unsaturated/α-hetero) is 1. The summed E-state index contributed by atoms with van der Waals surface area (Å²) < 4.78 is 12.7. The van der Waals surface area contributed by atoms with E-state index in [-0.39, 0.29) is 22.8 Å². The summed E-state index contributed by atoms with van der Waals surface area (Å²) in [4.78, 5) is 12.8. The van der Waals surface area contributed by atoms with Crippen LogP contribution >= 0.6 is 40.2 Å². The fraction of sp³-hybridized carbons (Fsp3) is 0.391. The van der Waals surface area contributed by atoms with Crippen molar-refractivity contribution in [2.24, 2.45) is 0 Å². The first-order valence-electron chi connectivity index (χ1n) is 10.2. The molecule has 168 valence electrons. The molecule has 1 aromatic heterocycles. The molecular weight excluding hydrogens is 503 g/mol. The van der Waals surface area contributed by atoms with E-state index < -0.39 is 0 Å². The van der Waals surface area contributed by atoms with E-state index in [1.807, 2.05) is 35.0 Å². The van der Waals surface area contributed by atoms with Crippen LogP contribution in [-0.4, -0.2) is 42.0 Å². The number of hydrogen-bond acceptors (Lipinski definition) is 4. The maximum Gasteiger partial charge on any atom is 0.183 e. The number of ketones is 1. The standard InChI is InChI=1S/C23H26Cl2N2O3.BrH/c1-2-11-29-13-14-30-12-5-8-22(28)23-19-6-3-4-7-21(19)27(26-23)16-17-9-10-18(24)15-20(17)25;/h3-4,6-7,9-10,15H,2,5,8,11-14,16H2,1H3;1H. The number of para-hydroxylation sites is 1. The number of halogens is 3. The lowest BCUT2D eigenvalue weighted by Gasteiger charge is -2.06. The van der Waals surface area contributed by atoms with E-state index in [9.17, 15) is 4.79 Å². The molecule has 0 unspecified atom stereocenters. The number of carbonyl (C=O) groups is 1. The molecule has 0 radical (unpaired) electrons. The minimum absolute atomic E-state index is 0. The molecule has 0 saturated heterocycles. The number of rotatable bonds is 12. The molecule has 0 saturated carbocycles. The maximum atomic E-state index is 12.8. The van der Waals surface area contributed by atoms with E-state index in [2.05, 4.69) is 12.0 Å². The van der Waals surface area contributed by atoms with Crippen molar-refractivity contribution in [3.05, 3.63) is 63.8 Å². The quantitative estimate of drug-likeness (QED) is 0.202. The Kier molecular flexibility index (Phi) is 11.0. The molecule has 0 aliphatic carbocycles. The molecule has 0 bridgehead atoms. The highest BCUT2D eigenvalue weighted by Crippen LogP contribution is 2.25. The van der Waals surface area contributed by atoms with E-state index in [1.54, 1.807) is 12.1 Å². The van der Waals surface area contributed by atoms with Crippen LogP contribution in [0.5, 0.6) is 0 Å². The van der Waals surface area contributed by atoms with Crippen LogP contribution in [-0.2, 0) is 16.0 Å². The molecule has 2 aromatic carbocycles. The van der Waals surface area contributed by atoms with Crippen LogP contribution in [0.3, 0.4) is 0 Å². The summed E-state index contributed by atoms with van der Waals surface area (Å²) in [6.07, 6.45) is 2.04. The Morgan fingerprint density at radius 1 is 1.03 bits per heavy atom. The van der Waals surface area contributed by atoms with Gasteiger partial charge in [-0.1, -0.05) is 54.4 Å². The highest BCUT2D eigenvalue weighted by atomic mass is 79.9. The lowest BCUT2D eigenvalue weighted by molar-refractivity contribution is 0.0463. The predicted octanol–water partition coefficient (Wildman–Crippen LogP) is 6.38. The van der Waals surface area contributed by atoms with Crippen molar-refractivity contribution in [1.29, 1.82) is 0 Å². The Hall–Kier alpha value is -1.44. The van der Waals surface area contributed by atoms with Gasteiger partial charge in [-0.25, -0.2) is 0 Å². The molecule has 3 aromatic rings. The van der Waals surface area contributed by atoms with E-state index in [1.165, 1.54) is 0 Å². The number of nitrogens with zero attached hydrogens (tertiary/aromatic N) is 2. The smallest absolute Gasteiger partial charge is 0.183 e. The number of ether oxygens (including phenoxy) is 2. The normalized spacial score (nSPS) is 10.9. The molecule has 0 amide bonds. The number of benzene rings is 2. The largest absolute Gasteiger partial charge is 0.379 e. The summed E-state index contributed by atoms with van der Waals surface area (Å²) in [5.41, 5.74) is 2.28. The van der Waals surface area contributed by atoms with Gasteiger partial charge in [0.05, 0.1) is 25.3 Å². The zero-order chi connectivity index (χ0) is 21.3. The van der Waals surface area contributed by atoms with Crippen molar-refractivity contribution in [3.63, 3.8) is 0 Å². The van der Waals surface area contributed by atoms with E-state index in [4.69, 9.17) is 32.7 Å². The maximum absolute atomic E-state index is 12.8. The van der Waals surface area contributed by atoms with Gasteiger partial charge in [0.15, 0.2) is 5.78 Å². The van der Waals surface area contributed by atoms with Crippen LogP contribution in [0.25, 0.3) is 10.9 Å². The average molecular weight is 530 g/mol. The second kappa shape index (κ2) is 13.2. The van der Waals surface area contributed by atoms with Crippen molar-refractivity contribution in [1.82, 2.24) is 9.78 Å². The minimum atomic E-state index is 0. The minimum Gasteiger partial charge on any atom is -0.379 e. The van der Waals surface area contributed by atoms with Gasteiger partial charge in [-0.15, -0.1) is 17.0 Å². The van der Waals surface area contributed by atoms with E-state index in [0.717, 1.165) is 29.5 Å². The SMILES string of the molecule is Br.CCCOCCOCCCC(=O)c1nn(Cc2ccc(Cl)cc2Cl)c2ccccc12. The van der Waals surface area contributed by atoms with Gasteiger partial charge in [0.2, 0.25) is 0 Å². The van der Waals surface area contributed by atoms with Crippen LogP contribution in [0.15, 0.2) is 42.5 Å². The Balaban J connectivity index is 0.00000341. The number of fused-ring (bicyclic) bond motifs is 1. The average Bonchev–Trinajstić information content (AvgIpc) is 3.10. The lowest BCUT2D eigenvalue weighted by Crippen LogP contribution is -2.08. The third-order valence-corrected chi connectivity index (χ3v) is 5.26. The zero-order valence-electron chi connectivity index (χ0n) is 17.5. The predicted molar refractivity (Wildman–Crippen MR) is 131 cm³/mol. The molecule has 0 aliphatic rings. The molecule has 0 aliphatic heterocycles. The van der Waals surface area contributed by atoms with Crippen molar-refractivity contribution in [2.45, 2.75) is 32.7 Å². The van der Waals surface area contributed by atoms with Gasteiger partial charge in [0.25, 0.3) is 0 Å². The first-order valence-corrected chi connectivity index (χ1v) is 10.9. The fourth-order valence-electron chi connectivity index (χ4n) is 3.18. The highest BCUT2D eigenvalue weighted by Gasteiger charge is 2.17. The van der Waals surface area contributed by atoms with Gasteiger partial charge >= 0.3 is 0 Å². The van der Waals surface area contributed by atoms with Crippen LogP contribution in [0.4, 0.5) is 0 Å². The van der Waals surface area contributed by atoms with Gasteiger partial charge in [-0.2, -0.15) is 5.10 Å². The highest BCUT2D eigenvalue weighted by molar-refractivity contribution is 8.93. The van der Waals surface area contributed by atoms with E-state index in [0.29, 0.717) is 54.9 Å². The Bertz CT molecular complexity index is 994. The van der Waals surface area contributed by atoms with Gasteiger partial charge in [-0.3, -0.25) is 9.48 Å². The molecule has 1 heterocycles. The Labute approximate surface area is 203 Å². The van der Waals surface area contributed by atoms with Crippen LogP contribution in [0.2, 0.25) is 10.0 Å². The molecule has 0 atom stereocenters. The molecule has 5 nitrogen and oxygen atoms in total. The zero-order valence-corrected chi connectivity index (χ0v) is 20.7. The van der Waals surface area contributed by atoms with E-state index >= 15 is 0 Å². The van der Waals surface area contributed by atoms with Gasteiger partial charge in [0, 0.05) is 35.1 Å². The number of carbonyl (C=O) groups excluding carboxylic acids is 1. The molecule has 0 spiro atoms. The number of hydrogen-bond donors (Lipinski definition) is 0. The summed E-state index contributed by atoms with van der Waals surface area (Å²) in [6.45, 7) is 4.95. The summed E-state index contributed by atoms with van der Waals surface area (Å²) in [5.74, 6) is 0.0120. The lowest BCUT2D eigenvalue weighted by atomic mass is 10.1. The number of aromatic nitrogens is 2. The van der Waals surface area contributed by atoms with Crippen LogP contribution < -0.4 is 0 Å². The second-order valence-corrected chi connectivity index (χ2v) is 7.85.